The Kier molecular flexibility index (Phi) is 4.13. The van der Waals surface area contributed by atoms with Crippen molar-refractivity contribution in [1.82, 2.24) is 10.2 Å². The maximum atomic E-state index is 5.30. The first-order valence-corrected chi connectivity index (χ1v) is 8.26. The van der Waals surface area contributed by atoms with E-state index in [1.165, 1.54) is 5.56 Å². The summed E-state index contributed by atoms with van der Waals surface area (Å²) in [4.78, 5) is 0. The zero-order valence-electron chi connectivity index (χ0n) is 14.0. The topological polar surface area (TPSA) is 35.0 Å². The van der Waals surface area contributed by atoms with Gasteiger partial charge in [0.2, 0.25) is 0 Å². The average molecular weight is 326 g/mol. The smallest absolute Gasteiger partial charge is 0.118 e. The van der Waals surface area contributed by atoms with Gasteiger partial charge in [-0.2, -0.15) is 10.2 Å². The zero-order chi connectivity index (χ0) is 17.1. The Bertz CT molecular complexity index is 976. The number of rotatable bonds is 4. The fraction of sp³-hybridized carbons (Fsp3) is 0.0909. The molecule has 3 nitrogen and oxygen atoms in total. The molecule has 0 fully saturated rings. The van der Waals surface area contributed by atoms with Crippen LogP contribution >= 0.6 is 0 Å². The maximum Gasteiger partial charge on any atom is 0.118 e. The van der Waals surface area contributed by atoms with Crippen molar-refractivity contribution in [2.24, 2.45) is 0 Å². The molecular formula is C22H18N2O. The number of nitrogens with zero attached hydrogens (tertiary/aromatic N) is 2. The zero-order valence-corrected chi connectivity index (χ0v) is 14.0. The normalized spacial score (nSPS) is 12.0. The average Bonchev–Trinajstić information content (AvgIpc) is 2.70. The molecule has 0 spiro atoms. The predicted octanol–water partition coefficient (Wildman–Crippen LogP) is 4.82. The monoisotopic (exact) mass is 326 g/mol. The second kappa shape index (κ2) is 6.73. The highest BCUT2D eigenvalue weighted by Crippen LogP contribution is 2.34. The fourth-order valence-electron chi connectivity index (χ4n) is 3.21. The molecule has 0 bridgehead atoms. The Balaban J connectivity index is 1.93. The van der Waals surface area contributed by atoms with Gasteiger partial charge in [0.15, 0.2) is 0 Å². The van der Waals surface area contributed by atoms with E-state index in [1.807, 2.05) is 36.5 Å². The van der Waals surface area contributed by atoms with Gasteiger partial charge in [0.1, 0.15) is 5.75 Å². The molecule has 0 amide bonds. The first-order valence-electron chi connectivity index (χ1n) is 8.26. The Labute approximate surface area is 146 Å². The molecule has 0 aliphatic heterocycles. The van der Waals surface area contributed by atoms with E-state index in [1.54, 1.807) is 7.11 Å². The molecule has 0 saturated heterocycles. The van der Waals surface area contributed by atoms with Crippen molar-refractivity contribution < 1.29 is 4.74 Å². The lowest BCUT2D eigenvalue weighted by molar-refractivity contribution is 0.414. The molecule has 0 aliphatic rings. The van der Waals surface area contributed by atoms with E-state index in [4.69, 9.17) is 4.74 Å². The van der Waals surface area contributed by atoms with Gasteiger partial charge in [-0.15, -0.1) is 0 Å². The third kappa shape index (κ3) is 2.96. The van der Waals surface area contributed by atoms with Gasteiger partial charge < -0.3 is 4.74 Å². The molecule has 122 valence electrons. The number of benzene rings is 3. The van der Waals surface area contributed by atoms with E-state index >= 15 is 0 Å². The summed E-state index contributed by atoms with van der Waals surface area (Å²) in [5, 5.41) is 11.0. The SMILES string of the molecule is COc1ccc(C(c2ccccc2)c2nncc3ccccc23)cc1. The minimum Gasteiger partial charge on any atom is -0.497 e. The van der Waals surface area contributed by atoms with Crippen LogP contribution in [-0.2, 0) is 0 Å². The third-order valence-electron chi connectivity index (χ3n) is 4.45. The first-order chi connectivity index (χ1) is 12.4. The van der Waals surface area contributed by atoms with Gasteiger partial charge in [0.25, 0.3) is 0 Å². The van der Waals surface area contributed by atoms with Crippen molar-refractivity contribution in [1.29, 1.82) is 0 Å². The molecule has 0 radical (unpaired) electrons. The molecule has 1 aromatic heterocycles. The highest BCUT2D eigenvalue weighted by Gasteiger charge is 2.21. The molecule has 3 aromatic carbocycles. The number of hydrogen-bond donors (Lipinski definition) is 0. The molecule has 1 heterocycles. The number of aromatic nitrogens is 2. The van der Waals surface area contributed by atoms with Crippen LogP contribution in [-0.4, -0.2) is 17.3 Å². The minimum atomic E-state index is 0.0192. The summed E-state index contributed by atoms with van der Waals surface area (Å²) in [5.41, 5.74) is 3.32. The molecule has 25 heavy (non-hydrogen) atoms. The first kappa shape index (κ1) is 15.3. The highest BCUT2D eigenvalue weighted by atomic mass is 16.5. The van der Waals surface area contributed by atoms with Gasteiger partial charge in [-0.25, -0.2) is 0 Å². The minimum absolute atomic E-state index is 0.0192. The number of hydrogen-bond acceptors (Lipinski definition) is 3. The molecule has 1 atom stereocenters. The predicted molar refractivity (Wildman–Crippen MR) is 99.9 cm³/mol. The summed E-state index contributed by atoms with van der Waals surface area (Å²) < 4.78 is 5.30. The van der Waals surface area contributed by atoms with Gasteiger partial charge in [0.05, 0.1) is 24.9 Å². The lowest BCUT2D eigenvalue weighted by atomic mass is 9.86. The van der Waals surface area contributed by atoms with E-state index in [0.717, 1.165) is 27.8 Å². The number of methoxy groups -OCH3 is 1. The quantitative estimate of drug-likeness (QED) is 0.539. The molecule has 4 rings (SSSR count). The highest BCUT2D eigenvalue weighted by molar-refractivity contribution is 5.84. The van der Waals surface area contributed by atoms with Gasteiger partial charge >= 0.3 is 0 Å². The van der Waals surface area contributed by atoms with Crippen molar-refractivity contribution in [2.45, 2.75) is 5.92 Å². The summed E-state index contributed by atoms with van der Waals surface area (Å²) in [6, 6.07) is 26.9. The van der Waals surface area contributed by atoms with Crippen molar-refractivity contribution in [2.75, 3.05) is 7.11 Å². The third-order valence-corrected chi connectivity index (χ3v) is 4.45. The van der Waals surface area contributed by atoms with E-state index in [2.05, 4.69) is 58.7 Å². The van der Waals surface area contributed by atoms with Gasteiger partial charge in [-0.05, 0) is 23.3 Å². The van der Waals surface area contributed by atoms with Crippen LogP contribution in [0, 0.1) is 0 Å². The standard InChI is InChI=1S/C22H18N2O/c1-25-19-13-11-17(12-14-19)21(16-7-3-2-4-8-16)22-20-10-6-5-9-18(20)15-23-24-22/h2-15,21H,1H3. The van der Waals surface area contributed by atoms with E-state index in [-0.39, 0.29) is 5.92 Å². The van der Waals surface area contributed by atoms with Crippen LogP contribution < -0.4 is 4.74 Å². The molecule has 4 aromatic rings. The largest absolute Gasteiger partial charge is 0.497 e. The van der Waals surface area contributed by atoms with Crippen molar-refractivity contribution >= 4 is 10.8 Å². The lowest BCUT2D eigenvalue weighted by Gasteiger charge is -2.19. The number of ether oxygens (including phenoxy) is 1. The number of fused-ring (bicyclic) bond motifs is 1. The summed E-state index contributed by atoms with van der Waals surface area (Å²) >= 11 is 0. The van der Waals surface area contributed by atoms with Gasteiger partial charge in [-0.3, -0.25) is 0 Å². The van der Waals surface area contributed by atoms with Crippen LogP contribution in [0.2, 0.25) is 0 Å². The Morgan fingerprint density at radius 1 is 0.760 bits per heavy atom. The van der Waals surface area contributed by atoms with Crippen LogP contribution in [0.15, 0.2) is 85.1 Å². The lowest BCUT2D eigenvalue weighted by Crippen LogP contribution is -2.07. The summed E-state index contributed by atoms with van der Waals surface area (Å²) in [5.74, 6) is 0.866. The second-order valence-corrected chi connectivity index (χ2v) is 5.93. The maximum absolute atomic E-state index is 5.30. The molecule has 3 heteroatoms. The second-order valence-electron chi connectivity index (χ2n) is 5.93. The molecule has 1 unspecified atom stereocenters. The van der Waals surface area contributed by atoms with Crippen LogP contribution in [0.5, 0.6) is 5.75 Å². The van der Waals surface area contributed by atoms with Crippen molar-refractivity contribution in [3.8, 4) is 5.75 Å². The molecule has 0 N–H and O–H groups in total. The summed E-state index contributed by atoms with van der Waals surface area (Å²) in [6.45, 7) is 0. The fourth-order valence-corrected chi connectivity index (χ4v) is 3.21. The Hall–Kier alpha value is -3.20. The van der Waals surface area contributed by atoms with Gasteiger partial charge in [0, 0.05) is 10.8 Å². The van der Waals surface area contributed by atoms with E-state index < -0.39 is 0 Å². The summed E-state index contributed by atoms with van der Waals surface area (Å²) in [7, 11) is 1.68. The Morgan fingerprint density at radius 2 is 1.44 bits per heavy atom. The van der Waals surface area contributed by atoms with E-state index in [9.17, 15) is 0 Å². The summed E-state index contributed by atoms with van der Waals surface area (Å²) in [6.07, 6.45) is 1.81. The van der Waals surface area contributed by atoms with Crippen LogP contribution in [0.1, 0.15) is 22.7 Å². The van der Waals surface area contributed by atoms with Crippen LogP contribution in [0.4, 0.5) is 0 Å². The van der Waals surface area contributed by atoms with Crippen LogP contribution in [0.25, 0.3) is 10.8 Å². The van der Waals surface area contributed by atoms with Crippen LogP contribution in [0.3, 0.4) is 0 Å². The van der Waals surface area contributed by atoms with Crippen molar-refractivity contribution in [3.05, 3.63) is 102 Å². The van der Waals surface area contributed by atoms with E-state index in [0.29, 0.717) is 0 Å². The molecule has 0 saturated carbocycles. The van der Waals surface area contributed by atoms with Gasteiger partial charge in [-0.1, -0.05) is 66.7 Å². The molecular weight excluding hydrogens is 308 g/mol. The Morgan fingerprint density at radius 3 is 2.20 bits per heavy atom. The van der Waals surface area contributed by atoms with Crippen molar-refractivity contribution in [3.63, 3.8) is 0 Å². The molecule has 0 aliphatic carbocycles.